The molecule has 32 heavy (non-hydrogen) atoms. The lowest BCUT2D eigenvalue weighted by atomic mass is 10.1. The summed E-state index contributed by atoms with van der Waals surface area (Å²) in [6.07, 6.45) is 0. The Balaban J connectivity index is 1.74. The van der Waals surface area contributed by atoms with Crippen LogP contribution in [0.15, 0.2) is 57.7 Å². The number of nitrogens with one attached hydrogen (secondary N) is 1. The summed E-state index contributed by atoms with van der Waals surface area (Å²) < 4.78 is 22.6. The molecule has 3 heterocycles. The number of methoxy groups -OCH3 is 1. The zero-order valence-corrected chi connectivity index (χ0v) is 17.5. The van der Waals surface area contributed by atoms with E-state index in [4.69, 9.17) is 23.6 Å². The molecule has 8 nitrogen and oxygen atoms in total. The number of hydrogen-bond acceptors (Lipinski definition) is 7. The van der Waals surface area contributed by atoms with E-state index >= 15 is 0 Å². The highest BCUT2D eigenvalue weighted by Crippen LogP contribution is 2.44. The van der Waals surface area contributed by atoms with Crippen LogP contribution < -0.4 is 19.6 Å². The summed E-state index contributed by atoms with van der Waals surface area (Å²) in [5.74, 6) is 2.01. The number of aromatic hydroxyl groups is 1. The quantitative estimate of drug-likeness (QED) is 0.499. The summed E-state index contributed by atoms with van der Waals surface area (Å²) in [4.78, 5) is 20.2. The van der Waals surface area contributed by atoms with E-state index in [2.05, 4.69) is 4.98 Å². The number of aromatic nitrogens is 2. The van der Waals surface area contributed by atoms with Crippen LogP contribution in [0.4, 0.5) is 0 Å². The lowest BCUT2D eigenvalue weighted by Crippen LogP contribution is -2.16. The number of hydrogen-bond donors (Lipinski definition) is 2. The number of ether oxygens (including phenoxy) is 3. The Bertz CT molecular complexity index is 1340. The molecule has 1 aliphatic heterocycles. The van der Waals surface area contributed by atoms with Crippen molar-refractivity contribution in [2.24, 2.45) is 0 Å². The largest absolute Gasteiger partial charge is 0.501 e. The second-order valence-electron chi connectivity index (χ2n) is 7.28. The molecule has 2 aromatic carbocycles. The van der Waals surface area contributed by atoms with Gasteiger partial charge in [0.05, 0.1) is 7.11 Å². The summed E-state index contributed by atoms with van der Waals surface area (Å²) in [6.45, 7) is 2.52. The molecule has 0 fully saturated rings. The third kappa shape index (κ3) is 3.35. The summed E-state index contributed by atoms with van der Waals surface area (Å²) in [5.41, 5.74) is 1.86. The Morgan fingerprint density at radius 3 is 2.62 bits per heavy atom. The number of imidazole rings is 1. The van der Waals surface area contributed by atoms with Crippen molar-refractivity contribution in [3.8, 4) is 57.1 Å². The fourth-order valence-electron chi connectivity index (χ4n) is 3.66. The number of aromatic amines is 1. The Morgan fingerprint density at radius 2 is 1.84 bits per heavy atom. The van der Waals surface area contributed by atoms with Crippen molar-refractivity contribution >= 4 is 0 Å². The SMILES string of the molecule is COc1cc(-c2nc(-c3ccccc3)c(-c3oc(C)cc(=O)c3O)[nH]2)cc2c1OCCO2. The topological polar surface area (TPSA) is 107 Å². The molecule has 0 spiro atoms. The second kappa shape index (κ2) is 7.81. The predicted molar refractivity (Wildman–Crippen MR) is 117 cm³/mol. The molecular weight excluding hydrogens is 412 g/mol. The number of H-pyrrole nitrogens is 1. The van der Waals surface area contributed by atoms with Crippen molar-refractivity contribution in [1.29, 1.82) is 0 Å². The summed E-state index contributed by atoms with van der Waals surface area (Å²) in [6, 6.07) is 14.3. The van der Waals surface area contributed by atoms with Crippen molar-refractivity contribution in [1.82, 2.24) is 9.97 Å². The first-order chi connectivity index (χ1) is 15.5. The van der Waals surface area contributed by atoms with E-state index in [-0.39, 0.29) is 5.76 Å². The molecule has 0 aliphatic carbocycles. The molecule has 0 atom stereocenters. The molecule has 4 aromatic rings. The average Bonchev–Trinajstić information content (AvgIpc) is 3.26. The van der Waals surface area contributed by atoms with E-state index < -0.39 is 11.2 Å². The number of aryl methyl sites for hydroxylation is 1. The van der Waals surface area contributed by atoms with E-state index in [1.807, 2.05) is 30.3 Å². The summed E-state index contributed by atoms with van der Waals surface area (Å²) >= 11 is 0. The van der Waals surface area contributed by atoms with Gasteiger partial charge in [-0.3, -0.25) is 4.79 Å². The van der Waals surface area contributed by atoms with E-state index in [9.17, 15) is 9.90 Å². The molecule has 162 valence electrons. The van der Waals surface area contributed by atoms with E-state index in [1.54, 1.807) is 26.2 Å². The van der Waals surface area contributed by atoms with Gasteiger partial charge < -0.3 is 28.7 Å². The number of benzene rings is 2. The van der Waals surface area contributed by atoms with Gasteiger partial charge in [-0.15, -0.1) is 0 Å². The smallest absolute Gasteiger partial charge is 0.227 e. The van der Waals surface area contributed by atoms with Gasteiger partial charge in [0.25, 0.3) is 0 Å². The minimum absolute atomic E-state index is 0.0251. The van der Waals surface area contributed by atoms with Gasteiger partial charge in [-0.25, -0.2) is 4.98 Å². The Hall–Kier alpha value is -4.20. The van der Waals surface area contributed by atoms with Crippen molar-refractivity contribution < 1.29 is 23.7 Å². The highest BCUT2D eigenvalue weighted by atomic mass is 16.6. The molecule has 0 amide bonds. The molecule has 0 bridgehead atoms. The molecule has 2 N–H and O–H groups in total. The van der Waals surface area contributed by atoms with Gasteiger partial charge in [0.15, 0.2) is 17.3 Å². The zero-order valence-electron chi connectivity index (χ0n) is 17.5. The molecule has 5 rings (SSSR count). The van der Waals surface area contributed by atoms with Crippen LogP contribution in [0.5, 0.6) is 23.0 Å². The van der Waals surface area contributed by atoms with E-state index in [0.717, 1.165) is 5.56 Å². The van der Waals surface area contributed by atoms with Gasteiger partial charge in [-0.05, 0) is 19.1 Å². The first-order valence-electron chi connectivity index (χ1n) is 10.0. The van der Waals surface area contributed by atoms with Crippen molar-refractivity contribution in [2.45, 2.75) is 6.92 Å². The van der Waals surface area contributed by atoms with Crippen molar-refractivity contribution in [3.05, 3.63) is 64.5 Å². The van der Waals surface area contributed by atoms with Crippen LogP contribution in [0, 0.1) is 6.92 Å². The highest BCUT2D eigenvalue weighted by molar-refractivity contribution is 5.81. The number of rotatable bonds is 4. The Kier molecular flexibility index (Phi) is 4.82. The fourth-order valence-corrected chi connectivity index (χ4v) is 3.66. The monoisotopic (exact) mass is 432 g/mol. The van der Waals surface area contributed by atoms with Gasteiger partial charge in [0.2, 0.25) is 16.9 Å². The van der Waals surface area contributed by atoms with Crippen LogP contribution in [0.1, 0.15) is 5.76 Å². The molecule has 0 saturated carbocycles. The molecule has 8 heteroatoms. The maximum Gasteiger partial charge on any atom is 0.227 e. The van der Waals surface area contributed by atoms with Crippen LogP contribution in [-0.4, -0.2) is 35.4 Å². The van der Waals surface area contributed by atoms with Gasteiger partial charge in [-0.1, -0.05) is 30.3 Å². The van der Waals surface area contributed by atoms with Crippen molar-refractivity contribution in [2.75, 3.05) is 20.3 Å². The first-order valence-corrected chi connectivity index (χ1v) is 10.0. The van der Waals surface area contributed by atoms with Gasteiger partial charge in [0, 0.05) is 17.2 Å². The zero-order chi connectivity index (χ0) is 22.2. The van der Waals surface area contributed by atoms with Crippen LogP contribution in [-0.2, 0) is 0 Å². The Morgan fingerprint density at radius 1 is 1.06 bits per heavy atom. The number of nitrogens with zero attached hydrogens (tertiary/aromatic N) is 1. The lowest BCUT2D eigenvalue weighted by molar-refractivity contribution is 0.165. The van der Waals surface area contributed by atoms with Crippen LogP contribution in [0.25, 0.3) is 34.1 Å². The molecule has 1 aliphatic rings. The lowest BCUT2D eigenvalue weighted by Gasteiger charge is -2.21. The maximum atomic E-state index is 12.2. The fraction of sp³-hybridized carbons (Fsp3) is 0.167. The first kappa shape index (κ1) is 19.7. The molecular formula is C24H20N2O6. The van der Waals surface area contributed by atoms with Gasteiger partial charge in [-0.2, -0.15) is 0 Å². The van der Waals surface area contributed by atoms with Crippen LogP contribution >= 0.6 is 0 Å². The minimum Gasteiger partial charge on any atom is -0.501 e. The van der Waals surface area contributed by atoms with Crippen LogP contribution in [0.3, 0.4) is 0 Å². The average molecular weight is 432 g/mol. The van der Waals surface area contributed by atoms with Gasteiger partial charge >= 0.3 is 0 Å². The summed E-state index contributed by atoms with van der Waals surface area (Å²) in [7, 11) is 1.56. The van der Waals surface area contributed by atoms with E-state index in [1.165, 1.54) is 6.07 Å². The Labute approximate surface area is 183 Å². The molecule has 0 saturated heterocycles. The minimum atomic E-state index is -0.528. The van der Waals surface area contributed by atoms with Crippen molar-refractivity contribution in [3.63, 3.8) is 0 Å². The summed E-state index contributed by atoms with van der Waals surface area (Å²) in [5, 5.41) is 10.5. The second-order valence-corrected chi connectivity index (χ2v) is 7.28. The maximum absolute atomic E-state index is 12.2. The number of fused-ring (bicyclic) bond motifs is 1. The van der Waals surface area contributed by atoms with E-state index in [0.29, 0.717) is 59.0 Å². The highest BCUT2D eigenvalue weighted by Gasteiger charge is 2.24. The third-order valence-electron chi connectivity index (χ3n) is 5.13. The standard InChI is InChI=1S/C24H20N2O6/c1-13-10-16(27)21(28)23(32-13)20-19(14-6-4-3-5-7-14)25-24(26-20)15-11-17(29-2)22-18(12-15)30-8-9-31-22/h3-7,10-12,28H,8-9H2,1-2H3,(H,25,26). The molecule has 0 radical (unpaired) electrons. The third-order valence-corrected chi connectivity index (χ3v) is 5.13. The molecule has 2 aromatic heterocycles. The normalized spacial score (nSPS) is 12.6. The molecule has 0 unspecified atom stereocenters. The predicted octanol–water partition coefficient (Wildman–Crippen LogP) is 4.16. The van der Waals surface area contributed by atoms with Crippen LogP contribution in [0.2, 0.25) is 0 Å². The van der Waals surface area contributed by atoms with Gasteiger partial charge in [0.1, 0.15) is 36.2 Å².